The Labute approximate surface area is 305 Å². The first-order valence-electron chi connectivity index (χ1n) is 19.0. The molecule has 4 aliphatic rings. The van der Waals surface area contributed by atoms with Crippen LogP contribution in [-0.4, -0.2) is 57.6 Å². The summed E-state index contributed by atoms with van der Waals surface area (Å²) in [5.74, 6) is 0. The van der Waals surface area contributed by atoms with Gasteiger partial charge in [0.2, 0.25) is 0 Å². The molecular weight excluding hydrogens is 791 g/mol. The van der Waals surface area contributed by atoms with E-state index in [9.17, 15) is 0 Å². The van der Waals surface area contributed by atoms with Crippen LogP contribution in [0.2, 0.25) is 0 Å². The molecule has 2 aromatic rings. The van der Waals surface area contributed by atoms with E-state index in [1.165, 1.54) is 140 Å². The van der Waals surface area contributed by atoms with Gasteiger partial charge in [0.1, 0.15) is 0 Å². The van der Waals surface area contributed by atoms with Gasteiger partial charge in [0.25, 0.3) is 0 Å². The third-order valence-electron chi connectivity index (χ3n) is 11.6. The summed E-state index contributed by atoms with van der Waals surface area (Å²) in [5, 5.41) is 3.46. The van der Waals surface area contributed by atoms with E-state index in [1.54, 1.807) is 10.6 Å². The number of benzene rings is 2. The van der Waals surface area contributed by atoms with E-state index >= 15 is 0 Å². The summed E-state index contributed by atoms with van der Waals surface area (Å²) in [6, 6.07) is 19.3. The van der Waals surface area contributed by atoms with E-state index in [4.69, 9.17) is 4.79 Å². The molecule has 0 unspecified atom stereocenters. The Morgan fingerprint density at radius 3 is 0.830 bits per heavy atom. The minimum atomic E-state index is -0.384. The Bertz CT molecular complexity index is 964. The SMILES string of the molecule is CN(C)c1ccc([PH+](C2CCCCC2)C2CCCCC2)cc1.CN(C)c1ccc([PH+](C2CCCCC2)C2CCCCC2)cc1.[CH-]=O.[Ir]. The van der Waals surface area contributed by atoms with Crippen molar-refractivity contribution in [1.82, 2.24) is 0 Å². The van der Waals surface area contributed by atoms with Gasteiger partial charge in [0, 0.05) is 75.5 Å². The molecule has 0 bridgehead atoms. The van der Waals surface area contributed by atoms with Gasteiger partial charge in [-0.2, -0.15) is 0 Å². The molecular formula is C41H67IrN2OP2+. The molecule has 0 atom stereocenters. The monoisotopic (exact) mass is 858 g/mol. The quantitative estimate of drug-likeness (QED) is 0.150. The summed E-state index contributed by atoms with van der Waals surface area (Å²) >= 11 is 0. The fraction of sp³-hybridized carbons (Fsp3) is 0.683. The van der Waals surface area contributed by atoms with Crippen LogP contribution < -0.4 is 20.4 Å². The second kappa shape index (κ2) is 22.1. The van der Waals surface area contributed by atoms with Crippen molar-refractivity contribution in [3.8, 4) is 0 Å². The van der Waals surface area contributed by atoms with Crippen LogP contribution in [0.1, 0.15) is 128 Å². The molecule has 6 heteroatoms. The zero-order chi connectivity index (χ0) is 32.7. The van der Waals surface area contributed by atoms with Gasteiger partial charge >= 0.3 is 0 Å². The molecule has 6 rings (SSSR count). The fourth-order valence-corrected chi connectivity index (χ4v) is 17.6. The van der Waals surface area contributed by atoms with Crippen molar-refractivity contribution in [3.05, 3.63) is 48.5 Å². The topological polar surface area (TPSA) is 23.6 Å². The fourth-order valence-electron chi connectivity index (χ4n) is 9.17. The van der Waals surface area contributed by atoms with Crippen LogP contribution in [0.5, 0.6) is 0 Å². The van der Waals surface area contributed by atoms with Crippen molar-refractivity contribution in [2.24, 2.45) is 0 Å². The third-order valence-corrected chi connectivity index (χ3v) is 19.4. The maximum Gasteiger partial charge on any atom is 0.0922 e. The number of hydrogen-bond acceptors (Lipinski definition) is 3. The third kappa shape index (κ3) is 12.2. The minimum Gasteiger partial charge on any atom is -0.545 e. The summed E-state index contributed by atoms with van der Waals surface area (Å²) in [6.07, 6.45) is 29.9. The summed E-state index contributed by atoms with van der Waals surface area (Å²) in [5.41, 5.74) is 6.88. The smallest absolute Gasteiger partial charge is 0.0922 e. The number of anilines is 2. The maximum absolute atomic E-state index is 7.75. The molecule has 0 spiro atoms. The predicted molar refractivity (Wildman–Crippen MR) is 212 cm³/mol. The van der Waals surface area contributed by atoms with Gasteiger partial charge in [-0.3, -0.25) is 6.79 Å². The van der Waals surface area contributed by atoms with E-state index in [0.717, 1.165) is 22.6 Å². The van der Waals surface area contributed by atoms with Crippen LogP contribution >= 0.6 is 15.8 Å². The molecule has 4 aliphatic carbocycles. The number of carbonyl (C=O) groups excluding carboxylic acids is 1. The molecule has 0 aliphatic heterocycles. The molecule has 1 radical (unpaired) electrons. The molecule has 0 heterocycles. The minimum absolute atomic E-state index is 0. The standard InChI is InChI=1S/2C20H32NP.CHO.Ir/c2*1-21(2)17-13-15-20(16-14-17)22(18-9-5-3-6-10-18)19-11-7-4-8-12-19;1-2;/h2*13-16,18-19H,3-12H2,1-2H3;1H;/q;;-1;/p+2. The van der Waals surface area contributed by atoms with Gasteiger partial charge in [0.05, 0.1) is 33.2 Å². The van der Waals surface area contributed by atoms with Gasteiger partial charge in [0.15, 0.2) is 0 Å². The van der Waals surface area contributed by atoms with Crippen LogP contribution in [0.15, 0.2) is 48.5 Å². The number of hydrogen-bond donors (Lipinski definition) is 0. The van der Waals surface area contributed by atoms with Gasteiger partial charge in [-0.15, -0.1) is 0 Å². The van der Waals surface area contributed by atoms with E-state index in [-0.39, 0.29) is 35.9 Å². The van der Waals surface area contributed by atoms with Crippen molar-refractivity contribution in [3.63, 3.8) is 0 Å². The van der Waals surface area contributed by atoms with Crippen molar-refractivity contribution >= 4 is 44.6 Å². The Morgan fingerprint density at radius 1 is 0.426 bits per heavy atom. The van der Waals surface area contributed by atoms with Crippen LogP contribution in [0, 0.1) is 0 Å². The summed E-state index contributed by atoms with van der Waals surface area (Å²) in [4.78, 5) is 12.2. The zero-order valence-corrected chi connectivity index (χ0v) is 34.7. The largest absolute Gasteiger partial charge is 0.545 e. The van der Waals surface area contributed by atoms with Gasteiger partial charge in [-0.1, -0.05) is 25.7 Å². The maximum atomic E-state index is 7.75. The first kappa shape index (κ1) is 40.6. The van der Waals surface area contributed by atoms with Crippen LogP contribution in [0.25, 0.3) is 0 Å². The van der Waals surface area contributed by atoms with Crippen molar-refractivity contribution in [2.45, 2.75) is 151 Å². The molecule has 0 amide bonds. The summed E-state index contributed by atoms with van der Waals surface area (Å²) < 4.78 is 0. The van der Waals surface area contributed by atoms with E-state index in [0.29, 0.717) is 0 Å². The average molecular weight is 858 g/mol. The molecule has 2 aromatic carbocycles. The van der Waals surface area contributed by atoms with Crippen molar-refractivity contribution in [2.75, 3.05) is 38.0 Å². The normalized spacial score (nSPS) is 20.0. The summed E-state index contributed by atoms with van der Waals surface area (Å²) in [6.45, 7) is 3.25. The van der Waals surface area contributed by atoms with Crippen LogP contribution in [-0.2, 0) is 24.9 Å². The zero-order valence-electron chi connectivity index (χ0n) is 30.3. The Kier molecular flexibility index (Phi) is 19.1. The van der Waals surface area contributed by atoms with Crippen molar-refractivity contribution < 1.29 is 24.9 Å². The first-order valence-corrected chi connectivity index (χ1v) is 22.3. The van der Waals surface area contributed by atoms with Gasteiger partial charge < -0.3 is 14.6 Å². The van der Waals surface area contributed by atoms with Crippen molar-refractivity contribution in [1.29, 1.82) is 0 Å². The Balaban J connectivity index is 0.000000238. The second-order valence-corrected chi connectivity index (χ2v) is 21.4. The molecule has 0 aromatic heterocycles. The Hall–Kier alpha value is -0.781. The van der Waals surface area contributed by atoms with Crippen LogP contribution in [0.3, 0.4) is 0 Å². The molecule has 265 valence electrons. The molecule has 3 nitrogen and oxygen atoms in total. The van der Waals surface area contributed by atoms with Crippen LogP contribution in [0.4, 0.5) is 11.4 Å². The van der Waals surface area contributed by atoms with Gasteiger partial charge in [-0.25, -0.2) is 0 Å². The molecule has 0 saturated heterocycles. The molecule has 4 fully saturated rings. The van der Waals surface area contributed by atoms with E-state index < -0.39 is 0 Å². The van der Waals surface area contributed by atoms with E-state index in [1.807, 2.05) is 0 Å². The summed E-state index contributed by atoms with van der Waals surface area (Å²) in [7, 11) is 7.80. The first-order chi connectivity index (χ1) is 22.5. The molecule has 47 heavy (non-hydrogen) atoms. The second-order valence-electron chi connectivity index (χ2n) is 15.1. The predicted octanol–water partition coefficient (Wildman–Crippen LogP) is 10.2. The molecule has 0 N–H and O–H groups in total. The van der Waals surface area contributed by atoms with E-state index in [2.05, 4.69) is 93.3 Å². The number of rotatable bonds is 8. The molecule has 4 saturated carbocycles. The Morgan fingerprint density at radius 2 is 0.638 bits per heavy atom. The number of nitrogens with zero attached hydrogens (tertiary/aromatic N) is 2. The van der Waals surface area contributed by atoms with Gasteiger partial charge in [-0.05, 0) is 151 Å². The average Bonchev–Trinajstić information content (AvgIpc) is 3.12.